The minimum Gasteiger partial charge on any atom is -0.309 e. The molecule has 86 valence electrons. The van der Waals surface area contributed by atoms with Gasteiger partial charge in [-0.2, -0.15) is 0 Å². The van der Waals surface area contributed by atoms with Crippen LogP contribution < -0.4 is 5.32 Å². The molecule has 0 amide bonds. The maximum absolute atomic E-state index is 3.62. The zero-order valence-electron chi connectivity index (χ0n) is 10.1. The Morgan fingerprint density at radius 3 is 2.75 bits per heavy atom. The van der Waals surface area contributed by atoms with Crippen molar-refractivity contribution in [2.45, 2.75) is 33.2 Å². The van der Waals surface area contributed by atoms with Gasteiger partial charge in [-0.3, -0.25) is 0 Å². The quantitative estimate of drug-likeness (QED) is 0.827. The molecule has 0 fully saturated rings. The minimum atomic E-state index is 0.312. The van der Waals surface area contributed by atoms with E-state index in [0.29, 0.717) is 6.04 Å². The molecule has 0 saturated heterocycles. The highest BCUT2D eigenvalue weighted by molar-refractivity contribution is 9.10. The van der Waals surface area contributed by atoms with Crippen LogP contribution in [0, 0.1) is 18.8 Å². The fourth-order valence-electron chi connectivity index (χ4n) is 1.66. The number of rotatable bonds is 4. The third-order valence-corrected chi connectivity index (χ3v) is 3.15. The third kappa shape index (κ3) is 3.66. The molecule has 1 aromatic carbocycles. The highest BCUT2D eigenvalue weighted by atomic mass is 79.9. The predicted molar refractivity (Wildman–Crippen MR) is 73.4 cm³/mol. The molecule has 0 aliphatic carbocycles. The fraction of sp³-hybridized carbons (Fsp3) is 0.429. The second-order valence-electron chi connectivity index (χ2n) is 3.77. The molecule has 1 N–H and O–H groups in total. The Morgan fingerprint density at radius 1 is 1.44 bits per heavy atom. The van der Waals surface area contributed by atoms with Gasteiger partial charge >= 0.3 is 0 Å². The summed E-state index contributed by atoms with van der Waals surface area (Å²) in [6.07, 6.45) is 0.853. The Balaban J connectivity index is 2.94. The zero-order valence-corrected chi connectivity index (χ0v) is 11.7. The summed E-state index contributed by atoms with van der Waals surface area (Å²) in [7, 11) is 0. The molecular formula is C14H18BrN. The van der Waals surface area contributed by atoms with E-state index < -0.39 is 0 Å². The maximum Gasteiger partial charge on any atom is 0.0442 e. The summed E-state index contributed by atoms with van der Waals surface area (Å²) in [5.41, 5.74) is 2.56. The second-order valence-corrected chi connectivity index (χ2v) is 4.62. The molecule has 1 nitrogen and oxygen atoms in total. The molecule has 0 radical (unpaired) electrons. The minimum absolute atomic E-state index is 0.312. The van der Waals surface area contributed by atoms with Crippen LogP contribution in [0.5, 0.6) is 0 Å². The van der Waals surface area contributed by atoms with Crippen molar-refractivity contribution in [3.05, 3.63) is 33.8 Å². The fourth-order valence-corrected chi connectivity index (χ4v) is 2.43. The number of aryl methyl sites for hydroxylation is 1. The van der Waals surface area contributed by atoms with Gasteiger partial charge in [-0.1, -0.05) is 35.0 Å². The van der Waals surface area contributed by atoms with Gasteiger partial charge in [0.05, 0.1) is 0 Å². The molecular weight excluding hydrogens is 262 g/mol. The summed E-state index contributed by atoms with van der Waals surface area (Å²) >= 11 is 3.62. The molecule has 0 bridgehead atoms. The SMILES string of the molecule is CC#CCC(NCC)c1ccc(C)cc1Br. The molecule has 0 aliphatic rings. The smallest absolute Gasteiger partial charge is 0.0442 e. The first-order valence-electron chi connectivity index (χ1n) is 5.58. The summed E-state index contributed by atoms with van der Waals surface area (Å²) in [6.45, 7) is 7.06. The van der Waals surface area contributed by atoms with E-state index in [1.165, 1.54) is 11.1 Å². The summed E-state index contributed by atoms with van der Waals surface area (Å²) in [6, 6.07) is 6.78. The van der Waals surface area contributed by atoms with E-state index in [-0.39, 0.29) is 0 Å². The Morgan fingerprint density at radius 2 is 2.19 bits per heavy atom. The molecule has 0 aromatic heterocycles. The lowest BCUT2D eigenvalue weighted by atomic mass is 10.0. The largest absolute Gasteiger partial charge is 0.309 e. The van der Waals surface area contributed by atoms with Crippen molar-refractivity contribution in [1.29, 1.82) is 0 Å². The number of hydrogen-bond donors (Lipinski definition) is 1. The van der Waals surface area contributed by atoms with Crippen LogP contribution in [0.3, 0.4) is 0 Å². The topological polar surface area (TPSA) is 12.0 Å². The van der Waals surface area contributed by atoms with Crippen molar-refractivity contribution in [2.75, 3.05) is 6.54 Å². The molecule has 1 rings (SSSR count). The van der Waals surface area contributed by atoms with Crippen molar-refractivity contribution in [3.63, 3.8) is 0 Å². The van der Waals surface area contributed by atoms with Crippen molar-refractivity contribution < 1.29 is 0 Å². The van der Waals surface area contributed by atoms with Crippen molar-refractivity contribution >= 4 is 15.9 Å². The van der Waals surface area contributed by atoms with Gasteiger partial charge in [0.15, 0.2) is 0 Å². The number of nitrogens with one attached hydrogen (secondary N) is 1. The molecule has 1 unspecified atom stereocenters. The average Bonchev–Trinajstić information content (AvgIpc) is 2.25. The predicted octanol–water partition coefficient (Wildman–Crippen LogP) is 3.82. The van der Waals surface area contributed by atoms with Gasteiger partial charge in [-0.05, 0) is 37.6 Å². The van der Waals surface area contributed by atoms with Crippen LogP contribution in [-0.4, -0.2) is 6.54 Å². The maximum atomic E-state index is 3.62. The molecule has 1 atom stereocenters. The molecule has 0 saturated carbocycles. The van der Waals surface area contributed by atoms with Gasteiger partial charge in [0.2, 0.25) is 0 Å². The molecule has 0 spiro atoms. The van der Waals surface area contributed by atoms with Crippen LogP contribution in [0.4, 0.5) is 0 Å². The lowest BCUT2D eigenvalue weighted by molar-refractivity contribution is 0.563. The molecule has 16 heavy (non-hydrogen) atoms. The highest BCUT2D eigenvalue weighted by Crippen LogP contribution is 2.26. The van der Waals surface area contributed by atoms with E-state index in [4.69, 9.17) is 0 Å². The zero-order chi connectivity index (χ0) is 12.0. The van der Waals surface area contributed by atoms with E-state index in [1.807, 2.05) is 6.92 Å². The summed E-state index contributed by atoms with van der Waals surface area (Å²) in [5.74, 6) is 6.09. The van der Waals surface area contributed by atoms with E-state index >= 15 is 0 Å². The Bertz CT molecular complexity index is 401. The molecule has 0 heterocycles. The Labute approximate surface area is 107 Å². The average molecular weight is 280 g/mol. The second kappa shape index (κ2) is 6.73. The lowest BCUT2D eigenvalue weighted by Crippen LogP contribution is -2.20. The Kier molecular flexibility index (Phi) is 5.59. The van der Waals surface area contributed by atoms with Crippen molar-refractivity contribution in [2.24, 2.45) is 0 Å². The number of hydrogen-bond acceptors (Lipinski definition) is 1. The lowest BCUT2D eigenvalue weighted by Gasteiger charge is -2.17. The van der Waals surface area contributed by atoms with Gasteiger partial charge in [0.1, 0.15) is 0 Å². The van der Waals surface area contributed by atoms with Gasteiger partial charge in [0.25, 0.3) is 0 Å². The Hall–Kier alpha value is -0.780. The first-order valence-corrected chi connectivity index (χ1v) is 6.37. The van der Waals surface area contributed by atoms with Crippen molar-refractivity contribution in [1.82, 2.24) is 5.32 Å². The van der Waals surface area contributed by atoms with Gasteiger partial charge in [0, 0.05) is 16.9 Å². The van der Waals surface area contributed by atoms with Crippen LogP contribution in [-0.2, 0) is 0 Å². The van der Waals surface area contributed by atoms with Crippen molar-refractivity contribution in [3.8, 4) is 11.8 Å². The summed E-state index contributed by atoms with van der Waals surface area (Å²) < 4.78 is 1.16. The summed E-state index contributed by atoms with van der Waals surface area (Å²) in [5, 5.41) is 3.46. The first kappa shape index (κ1) is 13.3. The molecule has 0 aliphatic heterocycles. The number of benzene rings is 1. The highest BCUT2D eigenvalue weighted by Gasteiger charge is 2.11. The van der Waals surface area contributed by atoms with Crippen LogP contribution >= 0.6 is 15.9 Å². The summed E-state index contributed by atoms with van der Waals surface area (Å²) in [4.78, 5) is 0. The normalized spacial score (nSPS) is 11.8. The van der Waals surface area contributed by atoms with E-state index in [0.717, 1.165) is 17.4 Å². The van der Waals surface area contributed by atoms with E-state index in [9.17, 15) is 0 Å². The molecule has 1 aromatic rings. The van der Waals surface area contributed by atoms with Crippen LogP contribution in [0.2, 0.25) is 0 Å². The van der Waals surface area contributed by atoms with E-state index in [2.05, 4.69) is 65.1 Å². The standard InChI is InChI=1S/C14H18BrN/c1-4-6-7-14(16-5-2)12-9-8-11(3)10-13(12)15/h8-10,14,16H,5,7H2,1-3H3. The van der Waals surface area contributed by atoms with Gasteiger partial charge < -0.3 is 5.32 Å². The third-order valence-electron chi connectivity index (χ3n) is 2.46. The number of halogens is 1. The van der Waals surface area contributed by atoms with Gasteiger partial charge in [-0.15, -0.1) is 11.8 Å². The van der Waals surface area contributed by atoms with E-state index in [1.54, 1.807) is 0 Å². The van der Waals surface area contributed by atoms with Crippen LogP contribution in [0.25, 0.3) is 0 Å². The van der Waals surface area contributed by atoms with Crippen LogP contribution in [0.15, 0.2) is 22.7 Å². The monoisotopic (exact) mass is 279 g/mol. The molecule has 2 heteroatoms. The first-order chi connectivity index (χ1) is 7.69. The van der Waals surface area contributed by atoms with Gasteiger partial charge in [-0.25, -0.2) is 0 Å². The van der Waals surface area contributed by atoms with Crippen LogP contribution in [0.1, 0.15) is 37.4 Å².